The Morgan fingerprint density at radius 1 is 1.20 bits per heavy atom. The molecule has 1 N–H and O–H groups in total. The second-order valence-corrected chi connectivity index (χ2v) is 3.83. The van der Waals surface area contributed by atoms with E-state index < -0.39 is 0 Å². The summed E-state index contributed by atoms with van der Waals surface area (Å²) in [6.07, 6.45) is 0. The first-order valence-electron chi connectivity index (χ1n) is 4.63. The largest absolute Gasteiger partial charge is 0.346 e. The summed E-state index contributed by atoms with van der Waals surface area (Å²) >= 11 is 5.03. The van der Waals surface area contributed by atoms with Crippen LogP contribution >= 0.6 is 12.2 Å². The zero-order valence-corrected chi connectivity index (χ0v) is 9.07. The summed E-state index contributed by atoms with van der Waals surface area (Å²) in [7, 11) is 0. The second-order valence-electron chi connectivity index (χ2n) is 3.39. The first kappa shape index (κ1) is 10.1. The lowest BCUT2D eigenvalue weighted by molar-refractivity contribution is 0.628. The third-order valence-electron chi connectivity index (χ3n) is 2.26. The van der Waals surface area contributed by atoms with Gasteiger partial charge in [0.2, 0.25) is 0 Å². The van der Waals surface area contributed by atoms with Gasteiger partial charge in [0.1, 0.15) is 10.5 Å². The number of pyridine rings is 1. The van der Waals surface area contributed by atoms with E-state index in [9.17, 15) is 4.39 Å². The van der Waals surface area contributed by atoms with Crippen molar-refractivity contribution in [3.8, 4) is 11.3 Å². The molecule has 0 unspecified atom stereocenters. The molecule has 0 saturated carbocycles. The van der Waals surface area contributed by atoms with Crippen LogP contribution in [0.4, 0.5) is 4.39 Å². The number of aromatic nitrogens is 1. The standard InChI is InChI=1S/C12H10FNS/c1-8-5-6-9(13)7-10(8)11-3-2-4-12(15)14-11/h2-7H,1H3,(H,14,15). The first-order chi connectivity index (χ1) is 7.16. The lowest BCUT2D eigenvalue weighted by Crippen LogP contribution is -1.88. The zero-order valence-electron chi connectivity index (χ0n) is 8.25. The molecule has 2 rings (SSSR count). The van der Waals surface area contributed by atoms with Crippen LogP contribution in [0.1, 0.15) is 5.56 Å². The van der Waals surface area contributed by atoms with Crippen molar-refractivity contribution in [1.82, 2.24) is 4.98 Å². The summed E-state index contributed by atoms with van der Waals surface area (Å²) in [6, 6.07) is 10.3. The summed E-state index contributed by atoms with van der Waals surface area (Å²) in [5.41, 5.74) is 2.72. The SMILES string of the molecule is Cc1ccc(F)cc1-c1cccc(=S)[nH]1. The predicted octanol–water partition coefficient (Wildman–Crippen LogP) is 3.86. The molecule has 0 bridgehead atoms. The summed E-state index contributed by atoms with van der Waals surface area (Å²) < 4.78 is 13.7. The number of aryl methyl sites for hydroxylation is 1. The van der Waals surface area contributed by atoms with Crippen LogP contribution in [-0.4, -0.2) is 4.98 Å². The van der Waals surface area contributed by atoms with Crippen LogP contribution in [0.15, 0.2) is 36.4 Å². The highest BCUT2D eigenvalue weighted by Crippen LogP contribution is 2.21. The van der Waals surface area contributed by atoms with Gasteiger partial charge in [-0.15, -0.1) is 0 Å². The van der Waals surface area contributed by atoms with E-state index in [2.05, 4.69) is 4.98 Å². The van der Waals surface area contributed by atoms with Crippen molar-refractivity contribution in [3.05, 3.63) is 52.4 Å². The van der Waals surface area contributed by atoms with Gasteiger partial charge in [0.25, 0.3) is 0 Å². The third kappa shape index (κ3) is 2.13. The Kier molecular flexibility index (Phi) is 2.64. The van der Waals surface area contributed by atoms with Gasteiger partial charge < -0.3 is 4.98 Å². The lowest BCUT2D eigenvalue weighted by atomic mass is 10.1. The van der Waals surface area contributed by atoms with E-state index in [-0.39, 0.29) is 5.82 Å². The summed E-state index contributed by atoms with van der Waals surface area (Å²) in [5.74, 6) is -0.237. The predicted molar refractivity (Wildman–Crippen MR) is 61.8 cm³/mol. The van der Waals surface area contributed by atoms with Crippen LogP contribution in [0.3, 0.4) is 0 Å². The fraction of sp³-hybridized carbons (Fsp3) is 0.0833. The summed E-state index contributed by atoms with van der Waals surface area (Å²) in [6.45, 7) is 1.94. The molecular formula is C12H10FNS. The quantitative estimate of drug-likeness (QED) is 0.720. The van der Waals surface area contributed by atoms with E-state index in [1.54, 1.807) is 12.1 Å². The average molecular weight is 219 g/mol. The molecule has 0 spiro atoms. The number of benzene rings is 1. The first-order valence-corrected chi connectivity index (χ1v) is 5.03. The minimum atomic E-state index is -0.237. The molecule has 0 aliphatic rings. The number of aromatic amines is 1. The Labute approximate surface area is 92.6 Å². The molecule has 0 saturated heterocycles. The Bertz CT molecular complexity index is 545. The molecule has 1 aromatic heterocycles. The van der Waals surface area contributed by atoms with Crippen LogP contribution in [-0.2, 0) is 0 Å². The van der Waals surface area contributed by atoms with Gasteiger partial charge in [-0.05, 0) is 36.8 Å². The highest BCUT2D eigenvalue weighted by atomic mass is 32.1. The van der Waals surface area contributed by atoms with Crippen LogP contribution in [0.2, 0.25) is 0 Å². The molecule has 2 aromatic rings. The van der Waals surface area contributed by atoms with Gasteiger partial charge in [-0.25, -0.2) is 4.39 Å². The number of hydrogen-bond acceptors (Lipinski definition) is 1. The van der Waals surface area contributed by atoms with Crippen molar-refractivity contribution in [1.29, 1.82) is 0 Å². The number of hydrogen-bond donors (Lipinski definition) is 1. The molecule has 76 valence electrons. The normalized spacial score (nSPS) is 10.3. The Hall–Kier alpha value is -1.48. The molecule has 3 heteroatoms. The van der Waals surface area contributed by atoms with Crippen molar-refractivity contribution >= 4 is 12.2 Å². The van der Waals surface area contributed by atoms with Crippen molar-refractivity contribution in [3.63, 3.8) is 0 Å². The highest BCUT2D eigenvalue weighted by molar-refractivity contribution is 7.71. The maximum Gasteiger partial charge on any atom is 0.123 e. The van der Waals surface area contributed by atoms with Gasteiger partial charge in [0.15, 0.2) is 0 Å². The van der Waals surface area contributed by atoms with Gasteiger partial charge in [0, 0.05) is 11.3 Å². The molecule has 0 fully saturated rings. The highest BCUT2D eigenvalue weighted by Gasteiger charge is 2.03. The van der Waals surface area contributed by atoms with E-state index in [1.807, 2.05) is 19.1 Å². The fourth-order valence-electron chi connectivity index (χ4n) is 1.49. The smallest absolute Gasteiger partial charge is 0.123 e. The fourth-order valence-corrected chi connectivity index (χ4v) is 1.68. The zero-order chi connectivity index (χ0) is 10.8. The average Bonchev–Trinajstić information content (AvgIpc) is 2.22. The van der Waals surface area contributed by atoms with E-state index in [1.165, 1.54) is 12.1 Å². The number of nitrogens with one attached hydrogen (secondary N) is 1. The van der Waals surface area contributed by atoms with E-state index in [4.69, 9.17) is 12.2 Å². The minimum Gasteiger partial charge on any atom is -0.346 e. The molecule has 1 nitrogen and oxygen atoms in total. The molecule has 1 aromatic carbocycles. The van der Waals surface area contributed by atoms with E-state index in [0.29, 0.717) is 4.64 Å². The Morgan fingerprint density at radius 3 is 2.73 bits per heavy atom. The van der Waals surface area contributed by atoms with Crippen LogP contribution in [0, 0.1) is 17.4 Å². The van der Waals surface area contributed by atoms with Crippen molar-refractivity contribution in [2.45, 2.75) is 6.92 Å². The van der Waals surface area contributed by atoms with E-state index in [0.717, 1.165) is 16.8 Å². The van der Waals surface area contributed by atoms with Crippen molar-refractivity contribution < 1.29 is 4.39 Å². The molecule has 0 amide bonds. The Balaban J connectivity index is 2.63. The minimum absolute atomic E-state index is 0.237. The monoisotopic (exact) mass is 219 g/mol. The second kappa shape index (κ2) is 3.95. The van der Waals surface area contributed by atoms with Crippen LogP contribution in [0.5, 0.6) is 0 Å². The molecule has 0 aliphatic carbocycles. The van der Waals surface area contributed by atoms with Gasteiger partial charge in [-0.2, -0.15) is 0 Å². The van der Waals surface area contributed by atoms with Crippen molar-refractivity contribution in [2.24, 2.45) is 0 Å². The van der Waals surface area contributed by atoms with Gasteiger partial charge in [-0.1, -0.05) is 24.4 Å². The number of rotatable bonds is 1. The van der Waals surface area contributed by atoms with Gasteiger partial charge in [-0.3, -0.25) is 0 Å². The van der Waals surface area contributed by atoms with Gasteiger partial charge in [0.05, 0.1) is 0 Å². The summed E-state index contributed by atoms with van der Waals surface area (Å²) in [4.78, 5) is 3.04. The molecule has 1 heterocycles. The maximum atomic E-state index is 13.1. The molecule has 15 heavy (non-hydrogen) atoms. The topological polar surface area (TPSA) is 15.8 Å². The van der Waals surface area contributed by atoms with Crippen molar-refractivity contribution in [2.75, 3.05) is 0 Å². The van der Waals surface area contributed by atoms with Crippen LogP contribution in [0.25, 0.3) is 11.3 Å². The Morgan fingerprint density at radius 2 is 2.00 bits per heavy atom. The van der Waals surface area contributed by atoms with Crippen LogP contribution < -0.4 is 0 Å². The number of H-pyrrole nitrogens is 1. The maximum absolute atomic E-state index is 13.1. The molecule has 0 atom stereocenters. The summed E-state index contributed by atoms with van der Waals surface area (Å²) in [5, 5.41) is 0. The molecule has 0 radical (unpaired) electrons. The molecule has 0 aliphatic heterocycles. The molecular weight excluding hydrogens is 209 g/mol. The van der Waals surface area contributed by atoms with E-state index >= 15 is 0 Å². The third-order valence-corrected chi connectivity index (χ3v) is 2.50. The lowest BCUT2D eigenvalue weighted by Gasteiger charge is -2.05. The number of halogens is 1. The van der Waals surface area contributed by atoms with Gasteiger partial charge >= 0.3 is 0 Å².